The second kappa shape index (κ2) is 6.75. The van der Waals surface area contributed by atoms with Crippen molar-refractivity contribution in [2.75, 3.05) is 25.4 Å². The fraction of sp³-hybridized carbons (Fsp3) is 0.500. The first kappa shape index (κ1) is 19.2. The lowest BCUT2D eigenvalue weighted by molar-refractivity contribution is 0.0156. The summed E-state index contributed by atoms with van der Waals surface area (Å²) in [5.74, 6) is 0.0737. The van der Waals surface area contributed by atoms with Crippen molar-refractivity contribution in [2.45, 2.75) is 44.6 Å². The highest BCUT2D eigenvalue weighted by molar-refractivity contribution is 5.98. The number of aromatic nitrogens is 3. The van der Waals surface area contributed by atoms with Gasteiger partial charge >= 0.3 is 6.09 Å². The molecule has 2 amide bonds. The van der Waals surface area contributed by atoms with Crippen LogP contribution >= 0.6 is 0 Å². The van der Waals surface area contributed by atoms with Gasteiger partial charge in [-0.3, -0.25) is 4.79 Å². The number of rotatable bonds is 1. The van der Waals surface area contributed by atoms with E-state index in [1.54, 1.807) is 17.2 Å². The van der Waals surface area contributed by atoms with Gasteiger partial charge in [0, 0.05) is 36.9 Å². The van der Waals surface area contributed by atoms with E-state index >= 15 is 0 Å². The molecule has 9 heteroatoms. The average Bonchev–Trinajstić information content (AvgIpc) is 3.11. The third kappa shape index (κ3) is 3.64. The number of amides is 2. The summed E-state index contributed by atoms with van der Waals surface area (Å²) in [6.07, 6.45) is 2.75. The van der Waals surface area contributed by atoms with Crippen LogP contribution in [0.2, 0.25) is 0 Å². The molecule has 2 aromatic heterocycles. The largest absolute Gasteiger partial charge is 0.444 e. The van der Waals surface area contributed by atoms with Crippen molar-refractivity contribution in [1.29, 1.82) is 0 Å². The Hall–Kier alpha value is -3.10. The van der Waals surface area contributed by atoms with Crippen molar-refractivity contribution in [1.82, 2.24) is 25.2 Å². The number of hydrogen-bond donors (Lipinski definition) is 3. The van der Waals surface area contributed by atoms with E-state index in [2.05, 4.69) is 20.3 Å². The van der Waals surface area contributed by atoms with Gasteiger partial charge in [0.25, 0.3) is 5.91 Å². The Bertz CT molecular complexity index is 953. The summed E-state index contributed by atoms with van der Waals surface area (Å²) in [7, 11) is 0. The maximum absolute atomic E-state index is 12.5. The number of nitrogens with two attached hydrogens (primary N) is 1. The van der Waals surface area contributed by atoms with E-state index < -0.39 is 5.60 Å². The molecule has 154 valence electrons. The van der Waals surface area contributed by atoms with Crippen molar-refractivity contribution >= 4 is 17.9 Å². The fourth-order valence-electron chi connectivity index (χ4n) is 4.02. The van der Waals surface area contributed by atoms with Gasteiger partial charge in [0.15, 0.2) is 0 Å². The van der Waals surface area contributed by atoms with Gasteiger partial charge in [-0.1, -0.05) is 0 Å². The lowest BCUT2D eigenvalue weighted by Gasteiger charge is -2.43. The highest BCUT2D eigenvalue weighted by Gasteiger charge is 2.44. The molecule has 4 N–H and O–H groups in total. The number of fused-ring (bicyclic) bond motifs is 2. The first-order valence-electron chi connectivity index (χ1n) is 9.75. The summed E-state index contributed by atoms with van der Waals surface area (Å²) in [4.78, 5) is 38.2. The monoisotopic (exact) mass is 398 g/mol. The number of carbonyl (C=O) groups excluding carboxylic acids is 2. The molecule has 1 spiro atoms. The molecule has 4 heterocycles. The second-order valence-corrected chi connectivity index (χ2v) is 8.70. The maximum Gasteiger partial charge on any atom is 0.410 e. The normalized spacial score (nSPS) is 18.3. The zero-order chi connectivity index (χ0) is 20.8. The molecule has 9 nitrogen and oxygen atoms in total. The summed E-state index contributed by atoms with van der Waals surface area (Å²) in [6, 6.07) is 3.57. The van der Waals surface area contributed by atoms with Crippen LogP contribution in [0.4, 0.5) is 10.7 Å². The zero-order valence-corrected chi connectivity index (χ0v) is 16.9. The highest BCUT2D eigenvalue weighted by Crippen LogP contribution is 2.40. The van der Waals surface area contributed by atoms with Crippen LogP contribution in [0.25, 0.3) is 11.4 Å². The molecule has 4 rings (SSSR count). The number of aromatic amines is 1. The standard InChI is InChI=1S/C20H26N6O3/c1-19(2,3)29-18(28)26-8-5-20(6-9-26)11-23-16(27)12-10-14(24-15(12)20)13-4-7-22-17(21)25-13/h4,7,10,24H,5-6,8-9,11H2,1-3H3,(H,23,27)(H2,21,22,25). The Morgan fingerprint density at radius 3 is 2.69 bits per heavy atom. The van der Waals surface area contributed by atoms with Gasteiger partial charge in [-0.2, -0.15) is 0 Å². The van der Waals surface area contributed by atoms with Gasteiger partial charge in [0.05, 0.1) is 17.0 Å². The Kier molecular flexibility index (Phi) is 4.48. The number of anilines is 1. The van der Waals surface area contributed by atoms with Gasteiger partial charge in [-0.25, -0.2) is 14.8 Å². The SMILES string of the molecule is CC(C)(C)OC(=O)N1CCC2(CC1)CNC(=O)c1cc(-c3ccnc(N)n3)[nH]c12. The van der Waals surface area contributed by atoms with Crippen molar-refractivity contribution in [3.63, 3.8) is 0 Å². The van der Waals surface area contributed by atoms with Crippen molar-refractivity contribution in [3.8, 4) is 11.4 Å². The summed E-state index contributed by atoms with van der Waals surface area (Å²) in [5.41, 5.74) is 7.82. The molecule has 0 saturated carbocycles. The number of carbonyl (C=O) groups is 2. The molecule has 0 bridgehead atoms. The Morgan fingerprint density at radius 2 is 2.03 bits per heavy atom. The van der Waals surface area contributed by atoms with E-state index in [0.717, 1.165) is 24.2 Å². The van der Waals surface area contributed by atoms with Gasteiger partial charge in [0.1, 0.15) is 5.60 Å². The summed E-state index contributed by atoms with van der Waals surface area (Å²) in [5, 5.41) is 3.01. The Labute approximate surface area is 169 Å². The molecule has 0 aromatic carbocycles. The predicted octanol–water partition coefficient (Wildman–Crippen LogP) is 2.07. The van der Waals surface area contributed by atoms with Crippen LogP contribution in [0.15, 0.2) is 18.3 Å². The number of piperidine rings is 1. The predicted molar refractivity (Wildman–Crippen MR) is 107 cm³/mol. The van der Waals surface area contributed by atoms with Crippen molar-refractivity contribution in [3.05, 3.63) is 29.6 Å². The van der Waals surface area contributed by atoms with Gasteiger partial charge in [0.2, 0.25) is 5.95 Å². The molecule has 0 atom stereocenters. The van der Waals surface area contributed by atoms with Crippen LogP contribution in [0.1, 0.15) is 49.7 Å². The van der Waals surface area contributed by atoms with E-state index in [1.165, 1.54) is 0 Å². The minimum atomic E-state index is -0.522. The van der Waals surface area contributed by atoms with Gasteiger partial charge in [-0.15, -0.1) is 0 Å². The molecule has 0 radical (unpaired) electrons. The van der Waals surface area contributed by atoms with Gasteiger partial charge < -0.3 is 25.7 Å². The Balaban J connectivity index is 1.59. The van der Waals surface area contributed by atoms with Crippen LogP contribution in [0.3, 0.4) is 0 Å². The average molecular weight is 398 g/mol. The number of ether oxygens (including phenoxy) is 1. The van der Waals surface area contributed by atoms with Crippen molar-refractivity contribution in [2.24, 2.45) is 0 Å². The molecule has 2 aliphatic heterocycles. The van der Waals surface area contributed by atoms with Crippen LogP contribution in [0, 0.1) is 0 Å². The highest BCUT2D eigenvalue weighted by atomic mass is 16.6. The molecule has 1 saturated heterocycles. The molecule has 1 fully saturated rings. The van der Waals surface area contributed by atoms with E-state index in [0.29, 0.717) is 30.9 Å². The lowest BCUT2D eigenvalue weighted by Crippen LogP contribution is -2.54. The van der Waals surface area contributed by atoms with E-state index in [4.69, 9.17) is 10.5 Å². The summed E-state index contributed by atoms with van der Waals surface area (Å²) >= 11 is 0. The minimum absolute atomic E-state index is 0.107. The zero-order valence-electron chi connectivity index (χ0n) is 16.9. The van der Waals surface area contributed by atoms with Crippen LogP contribution in [-0.4, -0.2) is 57.1 Å². The van der Waals surface area contributed by atoms with E-state index in [9.17, 15) is 9.59 Å². The Morgan fingerprint density at radius 1 is 1.31 bits per heavy atom. The second-order valence-electron chi connectivity index (χ2n) is 8.70. The quantitative estimate of drug-likeness (QED) is 0.675. The third-order valence-electron chi connectivity index (χ3n) is 5.50. The lowest BCUT2D eigenvalue weighted by atomic mass is 9.72. The number of likely N-dealkylation sites (tertiary alicyclic amines) is 1. The first-order valence-corrected chi connectivity index (χ1v) is 9.75. The number of nitrogens with one attached hydrogen (secondary N) is 2. The third-order valence-corrected chi connectivity index (χ3v) is 5.50. The number of nitrogen functional groups attached to an aromatic ring is 1. The maximum atomic E-state index is 12.5. The smallest absolute Gasteiger partial charge is 0.410 e. The number of hydrogen-bond acceptors (Lipinski definition) is 6. The summed E-state index contributed by atoms with van der Waals surface area (Å²) in [6.45, 7) is 7.25. The molecule has 2 aliphatic rings. The van der Waals surface area contributed by atoms with E-state index in [1.807, 2.05) is 26.8 Å². The van der Waals surface area contributed by atoms with Crippen LogP contribution < -0.4 is 11.1 Å². The molecule has 2 aromatic rings. The first-order chi connectivity index (χ1) is 13.7. The molecule has 0 unspecified atom stereocenters. The van der Waals surface area contributed by atoms with E-state index in [-0.39, 0.29) is 23.4 Å². The van der Waals surface area contributed by atoms with Crippen LogP contribution in [0.5, 0.6) is 0 Å². The summed E-state index contributed by atoms with van der Waals surface area (Å²) < 4.78 is 5.50. The topological polar surface area (TPSA) is 126 Å². The fourth-order valence-corrected chi connectivity index (χ4v) is 4.02. The molecule has 0 aliphatic carbocycles. The molecular formula is C20H26N6O3. The van der Waals surface area contributed by atoms with Gasteiger partial charge in [-0.05, 0) is 45.7 Å². The van der Waals surface area contributed by atoms with Crippen LogP contribution in [-0.2, 0) is 10.2 Å². The molecule has 29 heavy (non-hydrogen) atoms. The number of H-pyrrole nitrogens is 1. The molecular weight excluding hydrogens is 372 g/mol. The minimum Gasteiger partial charge on any atom is -0.444 e. The number of nitrogens with zero attached hydrogens (tertiary/aromatic N) is 3. The van der Waals surface area contributed by atoms with Crippen molar-refractivity contribution < 1.29 is 14.3 Å².